The molecule has 1 aliphatic rings. The lowest BCUT2D eigenvalue weighted by Crippen LogP contribution is -2.17. The molecule has 0 fully saturated rings. The van der Waals surface area contributed by atoms with Crippen LogP contribution in [0.2, 0.25) is 0 Å². The third kappa shape index (κ3) is 2.63. The highest BCUT2D eigenvalue weighted by molar-refractivity contribution is 5.76. The molecular formula is C16H16N4O2. The Labute approximate surface area is 127 Å². The Morgan fingerprint density at radius 2 is 2.32 bits per heavy atom. The molecule has 0 saturated carbocycles. The van der Waals surface area contributed by atoms with Crippen LogP contribution in [0.5, 0.6) is 0 Å². The number of aromatic nitrogens is 3. The molecule has 0 atom stereocenters. The normalized spacial score (nSPS) is 13.5. The van der Waals surface area contributed by atoms with Gasteiger partial charge in [0, 0.05) is 42.6 Å². The minimum atomic E-state index is -0.0853. The fraction of sp³-hybridized carbons (Fsp3) is 0.188. The van der Waals surface area contributed by atoms with Crippen LogP contribution in [0.1, 0.15) is 12.1 Å². The second kappa shape index (κ2) is 5.85. The smallest absolute Gasteiger partial charge is 0.250 e. The van der Waals surface area contributed by atoms with Gasteiger partial charge in [-0.2, -0.15) is 0 Å². The largest absolute Gasteiger partial charge is 0.491 e. The van der Waals surface area contributed by atoms with Gasteiger partial charge >= 0.3 is 0 Å². The van der Waals surface area contributed by atoms with Crippen molar-refractivity contribution in [3.05, 3.63) is 59.3 Å². The van der Waals surface area contributed by atoms with Crippen molar-refractivity contribution in [3.63, 3.8) is 0 Å². The quantitative estimate of drug-likeness (QED) is 0.870. The number of allylic oxidation sites excluding steroid dienone is 1. The molecule has 2 aromatic rings. The van der Waals surface area contributed by atoms with Gasteiger partial charge in [-0.05, 0) is 12.1 Å². The van der Waals surface area contributed by atoms with Crippen molar-refractivity contribution in [3.8, 4) is 11.1 Å². The maximum absolute atomic E-state index is 11.8. The van der Waals surface area contributed by atoms with Gasteiger partial charge in [-0.1, -0.05) is 6.08 Å². The predicted molar refractivity (Wildman–Crippen MR) is 84.9 cm³/mol. The lowest BCUT2D eigenvalue weighted by Gasteiger charge is -2.11. The summed E-state index contributed by atoms with van der Waals surface area (Å²) in [7, 11) is 0. The Morgan fingerprint density at radius 3 is 3.05 bits per heavy atom. The van der Waals surface area contributed by atoms with E-state index >= 15 is 0 Å². The molecular weight excluding hydrogens is 280 g/mol. The first-order valence-electron chi connectivity index (χ1n) is 6.96. The van der Waals surface area contributed by atoms with E-state index in [4.69, 9.17) is 10.5 Å². The highest BCUT2D eigenvalue weighted by atomic mass is 16.5. The summed E-state index contributed by atoms with van der Waals surface area (Å²) >= 11 is 0. The van der Waals surface area contributed by atoms with Crippen molar-refractivity contribution in [1.29, 1.82) is 0 Å². The average molecular weight is 296 g/mol. The van der Waals surface area contributed by atoms with Crippen LogP contribution in [-0.4, -0.2) is 21.1 Å². The van der Waals surface area contributed by atoms with Crippen LogP contribution in [-0.2, 0) is 11.3 Å². The lowest BCUT2D eigenvalue weighted by atomic mass is 10.1. The van der Waals surface area contributed by atoms with Crippen LogP contribution in [0.3, 0.4) is 0 Å². The summed E-state index contributed by atoms with van der Waals surface area (Å²) in [6.45, 7) is 4.74. The molecule has 0 radical (unpaired) electrons. The van der Waals surface area contributed by atoms with Crippen molar-refractivity contribution in [2.75, 3.05) is 12.3 Å². The van der Waals surface area contributed by atoms with Crippen LogP contribution in [0.25, 0.3) is 16.9 Å². The fourth-order valence-electron chi connectivity index (χ4n) is 2.35. The van der Waals surface area contributed by atoms with E-state index in [0.717, 1.165) is 17.5 Å². The van der Waals surface area contributed by atoms with Gasteiger partial charge in [-0.3, -0.25) is 4.79 Å². The van der Waals surface area contributed by atoms with E-state index in [9.17, 15) is 4.79 Å². The molecule has 0 unspecified atom stereocenters. The van der Waals surface area contributed by atoms with Crippen molar-refractivity contribution in [1.82, 2.24) is 14.5 Å². The summed E-state index contributed by atoms with van der Waals surface area (Å²) in [4.78, 5) is 20.2. The third-order valence-corrected chi connectivity index (χ3v) is 3.37. The Bertz CT molecular complexity index is 808. The molecule has 6 heteroatoms. The van der Waals surface area contributed by atoms with Crippen molar-refractivity contribution >= 4 is 11.7 Å². The maximum atomic E-state index is 11.8. The monoisotopic (exact) mass is 296 g/mol. The van der Waals surface area contributed by atoms with Gasteiger partial charge in [0.05, 0.1) is 6.61 Å². The number of rotatable bonds is 4. The lowest BCUT2D eigenvalue weighted by molar-refractivity contribution is 0.306. The van der Waals surface area contributed by atoms with Crippen LogP contribution in [0, 0.1) is 0 Å². The fourth-order valence-corrected chi connectivity index (χ4v) is 2.35. The number of anilines is 1. The number of hydrogen-bond donors (Lipinski definition) is 1. The maximum Gasteiger partial charge on any atom is 0.250 e. The van der Waals surface area contributed by atoms with Gasteiger partial charge in [-0.15, -0.1) is 6.58 Å². The zero-order valence-corrected chi connectivity index (χ0v) is 12.0. The molecule has 0 amide bonds. The number of hydrogen-bond acceptors (Lipinski definition) is 5. The summed E-state index contributed by atoms with van der Waals surface area (Å²) < 4.78 is 7.16. The number of nitrogens with zero attached hydrogens (tertiary/aromatic N) is 3. The van der Waals surface area contributed by atoms with Crippen molar-refractivity contribution in [2.24, 2.45) is 0 Å². The van der Waals surface area contributed by atoms with Crippen LogP contribution in [0.4, 0.5) is 5.95 Å². The average Bonchev–Trinajstić information content (AvgIpc) is 3.04. The number of nitrogens with two attached hydrogens (primary N) is 1. The van der Waals surface area contributed by atoms with E-state index in [2.05, 4.69) is 16.5 Å². The molecule has 6 nitrogen and oxygen atoms in total. The van der Waals surface area contributed by atoms with Gasteiger partial charge in [0.25, 0.3) is 5.56 Å². The van der Waals surface area contributed by atoms with Crippen LogP contribution < -0.4 is 11.3 Å². The van der Waals surface area contributed by atoms with E-state index < -0.39 is 0 Å². The first-order valence-corrected chi connectivity index (χ1v) is 6.96. The summed E-state index contributed by atoms with van der Waals surface area (Å²) in [5.41, 5.74) is 7.87. The summed E-state index contributed by atoms with van der Waals surface area (Å²) in [6.07, 6.45) is 7.91. The summed E-state index contributed by atoms with van der Waals surface area (Å²) in [6, 6.07) is 3.26. The molecule has 3 rings (SSSR count). The first-order chi connectivity index (χ1) is 10.7. The molecule has 0 aromatic carbocycles. The highest BCUT2D eigenvalue weighted by Gasteiger charge is 2.17. The second-order valence-electron chi connectivity index (χ2n) is 4.89. The predicted octanol–water partition coefficient (Wildman–Crippen LogP) is 1.83. The Morgan fingerprint density at radius 1 is 1.45 bits per heavy atom. The molecule has 0 aliphatic carbocycles. The van der Waals surface area contributed by atoms with Gasteiger partial charge in [0.2, 0.25) is 5.95 Å². The zero-order valence-electron chi connectivity index (χ0n) is 12.0. The molecule has 2 aromatic heterocycles. The molecule has 112 valence electrons. The van der Waals surface area contributed by atoms with E-state index in [1.807, 2.05) is 6.08 Å². The Balaban J connectivity index is 2.14. The number of ether oxygens (including phenoxy) is 1. The summed E-state index contributed by atoms with van der Waals surface area (Å²) in [5, 5.41) is 0. The molecule has 0 spiro atoms. The topological polar surface area (TPSA) is 83.0 Å². The Hall–Kier alpha value is -2.89. The molecule has 0 bridgehead atoms. The highest BCUT2D eigenvalue weighted by Crippen LogP contribution is 2.30. The molecule has 0 saturated heterocycles. The van der Waals surface area contributed by atoms with Crippen molar-refractivity contribution in [2.45, 2.75) is 13.0 Å². The van der Waals surface area contributed by atoms with E-state index in [-0.39, 0.29) is 11.5 Å². The third-order valence-electron chi connectivity index (χ3n) is 3.37. The molecule has 3 heterocycles. The Kier molecular flexibility index (Phi) is 3.74. The standard InChI is InChI=1S/C16H16N4O2/c1-2-7-20-10-11(5-6-14(20)21)12-9-18-16(17)19-15(12)13-4-3-8-22-13/h2,4-6,9-10H,1,3,7-8H2,(H2,17,18,19). The number of pyridine rings is 1. The summed E-state index contributed by atoms with van der Waals surface area (Å²) in [5.74, 6) is 0.889. The van der Waals surface area contributed by atoms with Gasteiger partial charge in [0.1, 0.15) is 11.5 Å². The molecule has 22 heavy (non-hydrogen) atoms. The van der Waals surface area contributed by atoms with Crippen LogP contribution in [0.15, 0.2) is 48.1 Å². The van der Waals surface area contributed by atoms with E-state index in [1.165, 1.54) is 6.07 Å². The van der Waals surface area contributed by atoms with Crippen LogP contribution >= 0.6 is 0 Å². The van der Waals surface area contributed by atoms with E-state index in [0.29, 0.717) is 24.6 Å². The van der Waals surface area contributed by atoms with Gasteiger partial charge in [-0.25, -0.2) is 9.97 Å². The van der Waals surface area contributed by atoms with Gasteiger partial charge < -0.3 is 15.0 Å². The minimum absolute atomic E-state index is 0.0853. The SMILES string of the molecule is C=CCn1cc(-c2cnc(N)nc2C2=CCCO2)ccc1=O. The molecule has 1 aliphatic heterocycles. The second-order valence-corrected chi connectivity index (χ2v) is 4.89. The zero-order chi connectivity index (χ0) is 15.5. The van der Waals surface area contributed by atoms with Crippen molar-refractivity contribution < 1.29 is 4.74 Å². The van der Waals surface area contributed by atoms with Gasteiger partial charge in [0.15, 0.2) is 0 Å². The molecule has 2 N–H and O–H groups in total. The number of nitrogen functional groups attached to an aromatic ring is 1. The van der Waals surface area contributed by atoms with E-state index in [1.54, 1.807) is 29.1 Å². The minimum Gasteiger partial charge on any atom is -0.491 e. The first kappa shape index (κ1) is 14.1.